The highest BCUT2D eigenvalue weighted by Gasteiger charge is 3.17. The van der Waals surface area contributed by atoms with Gasteiger partial charge >= 0.3 is 30.4 Å². The van der Waals surface area contributed by atoms with Gasteiger partial charge in [-0.2, -0.15) is 48.3 Å². The van der Waals surface area contributed by atoms with Gasteiger partial charge in [0.15, 0.2) is 11.8 Å². The maximum absolute atomic E-state index is 14.7. The van der Waals surface area contributed by atoms with Crippen molar-refractivity contribution in [2.24, 2.45) is 10.8 Å². The number of rotatable bonds is 0. The van der Waals surface area contributed by atoms with Gasteiger partial charge in [-0.15, -0.1) is 0 Å². The molecule has 160 valence electrons. The zero-order chi connectivity index (χ0) is 22.1. The molecule has 0 aromatic rings. The van der Waals surface area contributed by atoms with E-state index in [9.17, 15) is 70.2 Å². The molecule has 0 heterocycles. The van der Waals surface area contributed by atoms with Crippen LogP contribution in [0.15, 0.2) is 0 Å². The smallest absolute Gasteiger partial charge is 0.241 e. The van der Waals surface area contributed by atoms with Gasteiger partial charge in [0.05, 0.1) is 0 Å². The zero-order valence-electron chi connectivity index (χ0n) is 12.1. The van der Waals surface area contributed by atoms with Crippen LogP contribution in [0.3, 0.4) is 0 Å². The Morgan fingerprint density at radius 2 is 0.963 bits per heavy atom. The van der Waals surface area contributed by atoms with E-state index < -0.39 is 65.6 Å². The molecule has 0 aliphatic heterocycles. The van der Waals surface area contributed by atoms with Crippen molar-refractivity contribution >= 4 is 0 Å². The Hall–Kier alpha value is -1.12. The van der Waals surface area contributed by atoms with Crippen LogP contribution in [0.1, 0.15) is 6.92 Å². The molecular formula is C11H4F16. The van der Waals surface area contributed by atoms with Gasteiger partial charge in [0.2, 0.25) is 10.8 Å². The summed E-state index contributed by atoms with van der Waals surface area (Å²) < 4.78 is 217. The van der Waals surface area contributed by atoms with E-state index in [1.54, 1.807) is 0 Å². The summed E-state index contributed by atoms with van der Waals surface area (Å²) in [4.78, 5) is 0. The standard InChI is InChI=1S/C11H4F16/c1-3(13)4(9(19,20)21)2(12)5(14,15)7(16,8(4,17)18)6(3,10(22,23)24)11(25,26)27/h2H,1H3. The van der Waals surface area contributed by atoms with E-state index in [0.717, 1.165) is 0 Å². The van der Waals surface area contributed by atoms with Crippen LogP contribution in [0.5, 0.6) is 0 Å². The molecular weight excluding hydrogens is 436 g/mol. The van der Waals surface area contributed by atoms with E-state index in [1.165, 1.54) is 0 Å². The Morgan fingerprint density at radius 3 is 1.19 bits per heavy atom. The molecule has 2 aliphatic rings. The Kier molecular flexibility index (Phi) is 3.73. The van der Waals surface area contributed by atoms with Crippen molar-refractivity contribution in [3.05, 3.63) is 0 Å². The SMILES string of the molecule is CC1(F)C2(C(F)(F)F)C(F)C(F)(F)C(F)(C2(F)F)C1(C(F)(F)F)C(F)(F)F. The maximum Gasteiger partial charge on any atom is 0.410 e. The third-order valence-electron chi connectivity index (χ3n) is 5.34. The van der Waals surface area contributed by atoms with Crippen LogP contribution in [-0.4, -0.2) is 47.9 Å². The van der Waals surface area contributed by atoms with Gasteiger partial charge in [0.25, 0.3) is 5.67 Å². The first-order valence-electron chi connectivity index (χ1n) is 6.38. The maximum atomic E-state index is 14.7. The van der Waals surface area contributed by atoms with E-state index in [1.807, 2.05) is 0 Å². The fourth-order valence-electron chi connectivity index (χ4n) is 4.40. The minimum atomic E-state index is -7.80. The molecule has 0 aromatic carbocycles. The third-order valence-corrected chi connectivity index (χ3v) is 5.34. The van der Waals surface area contributed by atoms with Gasteiger partial charge < -0.3 is 0 Å². The molecule has 2 saturated carbocycles. The van der Waals surface area contributed by atoms with Gasteiger partial charge in [0.1, 0.15) is 0 Å². The Morgan fingerprint density at radius 1 is 0.630 bits per heavy atom. The molecule has 2 bridgehead atoms. The number of hydrogen-bond acceptors (Lipinski definition) is 0. The molecule has 16 heteroatoms. The highest BCUT2D eigenvalue weighted by Crippen LogP contribution is 2.90. The highest BCUT2D eigenvalue weighted by atomic mass is 19.4. The summed E-state index contributed by atoms with van der Waals surface area (Å²) in [5.41, 5.74) is -28.9. The first-order chi connectivity index (χ1) is 11.4. The summed E-state index contributed by atoms with van der Waals surface area (Å²) >= 11 is 0. The van der Waals surface area contributed by atoms with Crippen molar-refractivity contribution in [2.75, 3.05) is 0 Å². The molecule has 0 aromatic heterocycles. The Labute approximate surface area is 137 Å². The van der Waals surface area contributed by atoms with Crippen molar-refractivity contribution in [2.45, 2.75) is 54.8 Å². The normalized spacial score (nSPS) is 43.2. The molecule has 0 spiro atoms. The van der Waals surface area contributed by atoms with Crippen molar-refractivity contribution in [3.63, 3.8) is 0 Å². The van der Waals surface area contributed by atoms with Crippen LogP contribution in [0.25, 0.3) is 0 Å². The average molecular weight is 440 g/mol. The molecule has 0 N–H and O–H groups in total. The van der Waals surface area contributed by atoms with Crippen molar-refractivity contribution < 1.29 is 70.2 Å². The molecule has 4 atom stereocenters. The van der Waals surface area contributed by atoms with E-state index in [-0.39, 0.29) is 0 Å². The molecule has 2 fully saturated rings. The second kappa shape index (κ2) is 4.54. The van der Waals surface area contributed by atoms with E-state index in [4.69, 9.17) is 0 Å². The van der Waals surface area contributed by atoms with E-state index in [2.05, 4.69) is 0 Å². The molecule has 27 heavy (non-hydrogen) atoms. The lowest BCUT2D eigenvalue weighted by molar-refractivity contribution is -0.451. The topological polar surface area (TPSA) is 0 Å². The quantitative estimate of drug-likeness (QED) is 0.423. The molecule has 2 aliphatic carbocycles. The number of fused-ring (bicyclic) bond motifs is 2. The molecule has 0 nitrogen and oxygen atoms in total. The van der Waals surface area contributed by atoms with Gasteiger partial charge in [-0.3, -0.25) is 0 Å². The summed E-state index contributed by atoms with van der Waals surface area (Å²) in [7, 11) is 0. The minimum Gasteiger partial charge on any atom is -0.241 e. The van der Waals surface area contributed by atoms with Gasteiger partial charge in [0, 0.05) is 0 Å². The lowest BCUT2D eigenvalue weighted by Gasteiger charge is -2.54. The lowest BCUT2D eigenvalue weighted by atomic mass is 9.56. The summed E-state index contributed by atoms with van der Waals surface area (Å²) in [6.07, 6.45) is -28.9. The monoisotopic (exact) mass is 440 g/mol. The first-order valence-corrected chi connectivity index (χ1v) is 6.38. The van der Waals surface area contributed by atoms with Crippen LogP contribution in [0, 0.1) is 10.8 Å². The van der Waals surface area contributed by atoms with Crippen LogP contribution < -0.4 is 0 Å². The predicted molar refractivity (Wildman–Crippen MR) is 51.2 cm³/mol. The second-order valence-corrected chi connectivity index (χ2v) is 6.27. The lowest BCUT2D eigenvalue weighted by Crippen LogP contribution is -2.79. The molecule has 0 saturated heterocycles. The van der Waals surface area contributed by atoms with Crippen LogP contribution >= 0.6 is 0 Å². The van der Waals surface area contributed by atoms with E-state index in [0.29, 0.717) is 0 Å². The number of halogens is 16. The molecule has 2 rings (SSSR count). The zero-order valence-corrected chi connectivity index (χ0v) is 12.1. The van der Waals surface area contributed by atoms with Crippen molar-refractivity contribution in [1.82, 2.24) is 0 Å². The first kappa shape index (κ1) is 22.2. The molecule has 0 amide bonds. The van der Waals surface area contributed by atoms with Gasteiger partial charge in [-0.1, -0.05) is 0 Å². The van der Waals surface area contributed by atoms with Crippen molar-refractivity contribution in [1.29, 1.82) is 0 Å². The fraction of sp³-hybridized carbons (Fsp3) is 1.00. The Bertz CT molecular complexity index is 635. The van der Waals surface area contributed by atoms with Crippen LogP contribution in [0.4, 0.5) is 70.2 Å². The van der Waals surface area contributed by atoms with Gasteiger partial charge in [-0.05, 0) is 6.92 Å². The summed E-state index contributed by atoms with van der Waals surface area (Å²) in [6, 6.07) is 0. The largest absolute Gasteiger partial charge is 0.410 e. The fourth-order valence-corrected chi connectivity index (χ4v) is 4.40. The average Bonchev–Trinajstić information content (AvgIpc) is 2.47. The van der Waals surface area contributed by atoms with Crippen molar-refractivity contribution in [3.8, 4) is 0 Å². The summed E-state index contributed by atoms with van der Waals surface area (Å²) in [5.74, 6) is -14.7. The number of alkyl halides is 16. The third kappa shape index (κ3) is 1.54. The van der Waals surface area contributed by atoms with Crippen LogP contribution in [0.2, 0.25) is 0 Å². The summed E-state index contributed by atoms with van der Waals surface area (Å²) in [5, 5.41) is 0. The molecule has 0 radical (unpaired) electrons. The highest BCUT2D eigenvalue weighted by molar-refractivity contribution is 5.47. The predicted octanol–water partition coefficient (Wildman–Crippen LogP) is 5.72. The number of hydrogen-bond donors (Lipinski definition) is 0. The molecule has 4 unspecified atom stereocenters. The second-order valence-electron chi connectivity index (χ2n) is 6.27. The Balaban J connectivity index is 3.29. The van der Waals surface area contributed by atoms with Gasteiger partial charge in [-0.25, -0.2) is 22.0 Å². The van der Waals surface area contributed by atoms with E-state index >= 15 is 0 Å². The van der Waals surface area contributed by atoms with Crippen LogP contribution in [-0.2, 0) is 0 Å². The summed E-state index contributed by atoms with van der Waals surface area (Å²) in [6.45, 7) is -1.46. The minimum absolute atomic E-state index is 1.46.